The Bertz CT molecular complexity index is 1190. The summed E-state index contributed by atoms with van der Waals surface area (Å²) >= 11 is 0. The van der Waals surface area contributed by atoms with E-state index in [1.807, 2.05) is 44.3 Å². The summed E-state index contributed by atoms with van der Waals surface area (Å²) in [6, 6.07) is 7.93. The fourth-order valence-electron chi connectivity index (χ4n) is 4.74. The van der Waals surface area contributed by atoms with Gasteiger partial charge in [-0.05, 0) is 51.3 Å². The van der Waals surface area contributed by atoms with Gasteiger partial charge in [0.25, 0.3) is 0 Å². The van der Waals surface area contributed by atoms with Crippen LogP contribution in [0.4, 0.5) is 11.8 Å². The van der Waals surface area contributed by atoms with E-state index in [0.717, 1.165) is 35.7 Å². The molecular formula is C25H34N10O. The van der Waals surface area contributed by atoms with Crippen LogP contribution in [-0.4, -0.2) is 55.9 Å². The number of amides is 1. The van der Waals surface area contributed by atoms with Crippen molar-refractivity contribution < 1.29 is 4.79 Å². The molecule has 3 aromatic heterocycles. The first-order valence-corrected chi connectivity index (χ1v) is 12.5. The van der Waals surface area contributed by atoms with Crippen molar-refractivity contribution >= 4 is 17.7 Å². The standard InChI is InChI=1S/C25H34N10O/c1-5-25(23(36)29-18(4)19-7-8-22(26-13-19)35-10-6-9-27-35)14-34(15-25)24-28-16(2)11-20(31-24)30-21-12-17(3)32-33-21/h6-11,13,17-18,21,32-33H,5,12,14-15H2,1-4H3,(H,29,36)(H,28,30,31)/t17?,18-,21?/m0/s1. The van der Waals surface area contributed by atoms with Crippen LogP contribution < -0.4 is 26.4 Å². The smallest absolute Gasteiger partial charge is 0.230 e. The molecule has 0 aliphatic carbocycles. The molecule has 4 N–H and O–H groups in total. The number of carbonyl (C=O) groups is 1. The highest BCUT2D eigenvalue weighted by Crippen LogP contribution is 2.37. The minimum atomic E-state index is -0.469. The van der Waals surface area contributed by atoms with Crippen LogP contribution in [0.25, 0.3) is 5.82 Å². The van der Waals surface area contributed by atoms with E-state index < -0.39 is 5.41 Å². The van der Waals surface area contributed by atoms with Crippen LogP contribution in [0.15, 0.2) is 42.9 Å². The van der Waals surface area contributed by atoms with Gasteiger partial charge in [0.05, 0.1) is 17.6 Å². The van der Waals surface area contributed by atoms with Crippen LogP contribution >= 0.6 is 0 Å². The maximum absolute atomic E-state index is 13.3. The van der Waals surface area contributed by atoms with Gasteiger partial charge in [0.15, 0.2) is 5.82 Å². The second kappa shape index (κ2) is 9.82. The fraction of sp³-hybridized carbons (Fsp3) is 0.480. The molecule has 0 radical (unpaired) electrons. The van der Waals surface area contributed by atoms with E-state index in [0.29, 0.717) is 25.1 Å². The van der Waals surface area contributed by atoms with Gasteiger partial charge in [0.2, 0.25) is 11.9 Å². The van der Waals surface area contributed by atoms with E-state index in [9.17, 15) is 4.79 Å². The van der Waals surface area contributed by atoms with Crippen molar-refractivity contribution in [2.24, 2.45) is 5.41 Å². The topological polar surface area (TPSA) is 125 Å². The third-order valence-corrected chi connectivity index (χ3v) is 7.04. The van der Waals surface area contributed by atoms with Crippen molar-refractivity contribution in [3.63, 3.8) is 0 Å². The molecule has 11 nitrogen and oxygen atoms in total. The van der Waals surface area contributed by atoms with E-state index >= 15 is 0 Å². The lowest BCUT2D eigenvalue weighted by Gasteiger charge is -2.48. The lowest BCUT2D eigenvalue weighted by Crippen LogP contribution is -2.63. The van der Waals surface area contributed by atoms with Crippen molar-refractivity contribution in [2.45, 2.75) is 58.8 Å². The zero-order valence-corrected chi connectivity index (χ0v) is 21.2. The third kappa shape index (κ3) is 4.89. The predicted octanol–water partition coefficient (Wildman–Crippen LogP) is 2.08. The average Bonchev–Trinajstić information content (AvgIpc) is 3.51. The van der Waals surface area contributed by atoms with Crippen LogP contribution in [0.2, 0.25) is 0 Å². The summed E-state index contributed by atoms with van der Waals surface area (Å²) in [4.78, 5) is 29.3. The SMILES string of the molecule is CCC1(C(=O)N[C@@H](C)c2ccc(-n3cccn3)nc2)CN(c2nc(C)cc(NC3CC(C)NN3)n2)C1. The third-order valence-electron chi connectivity index (χ3n) is 7.04. The molecule has 0 saturated carbocycles. The number of pyridine rings is 1. The molecular weight excluding hydrogens is 456 g/mol. The maximum atomic E-state index is 13.3. The Morgan fingerprint density at radius 2 is 2.11 bits per heavy atom. The Balaban J connectivity index is 1.21. The number of hydrogen-bond donors (Lipinski definition) is 4. The monoisotopic (exact) mass is 490 g/mol. The summed E-state index contributed by atoms with van der Waals surface area (Å²) in [5, 5.41) is 10.8. The number of nitrogens with one attached hydrogen (secondary N) is 4. The molecule has 190 valence electrons. The number of rotatable bonds is 8. The van der Waals surface area contributed by atoms with Crippen LogP contribution in [0.1, 0.15) is 50.9 Å². The van der Waals surface area contributed by atoms with Crippen LogP contribution in [0.5, 0.6) is 0 Å². The molecule has 5 rings (SSSR count). The van der Waals surface area contributed by atoms with Gasteiger partial charge in [-0.3, -0.25) is 10.2 Å². The maximum Gasteiger partial charge on any atom is 0.230 e. The van der Waals surface area contributed by atoms with E-state index in [2.05, 4.69) is 55.3 Å². The van der Waals surface area contributed by atoms with Gasteiger partial charge in [-0.15, -0.1) is 0 Å². The molecule has 5 heterocycles. The van der Waals surface area contributed by atoms with Crippen molar-refractivity contribution in [2.75, 3.05) is 23.3 Å². The number of aryl methyl sites for hydroxylation is 1. The summed E-state index contributed by atoms with van der Waals surface area (Å²) in [7, 11) is 0. The van der Waals surface area contributed by atoms with Gasteiger partial charge in [-0.1, -0.05) is 13.0 Å². The zero-order valence-electron chi connectivity index (χ0n) is 21.2. The number of anilines is 2. The molecule has 2 saturated heterocycles. The number of aromatic nitrogens is 5. The van der Waals surface area contributed by atoms with Gasteiger partial charge in [-0.2, -0.15) is 10.1 Å². The van der Waals surface area contributed by atoms with Crippen molar-refractivity contribution in [3.05, 3.63) is 54.1 Å². The quantitative estimate of drug-likeness (QED) is 0.376. The molecule has 0 spiro atoms. The minimum absolute atomic E-state index is 0.0473. The predicted molar refractivity (Wildman–Crippen MR) is 137 cm³/mol. The Hall–Kier alpha value is -3.57. The van der Waals surface area contributed by atoms with Crippen molar-refractivity contribution in [3.8, 4) is 5.82 Å². The largest absolute Gasteiger partial charge is 0.353 e. The van der Waals surface area contributed by atoms with Gasteiger partial charge >= 0.3 is 0 Å². The normalized spacial score (nSPS) is 21.6. The average molecular weight is 491 g/mol. The van der Waals surface area contributed by atoms with Gasteiger partial charge in [-0.25, -0.2) is 20.1 Å². The highest BCUT2D eigenvalue weighted by Gasteiger charge is 2.49. The Kier molecular flexibility index (Phi) is 6.59. The Morgan fingerprint density at radius 1 is 1.28 bits per heavy atom. The Morgan fingerprint density at radius 3 is 2.75 bits per heavy atom. The zero-order chi connectivity index (χ0) is 25.3. The first-order valence-electron chi connectivity index (χ1n) is 12.5. The Labute approximate surface area is 211 Å². The van der Waals surface area contributed by atoms with Crippen LogP contribution in [0.3, 0.4) is 0 Å². The van der Waals surface area contributed by atoms with Crippen LogP contribution in [0, 0.1) is 12.3 Å². The summed E-state index contributed by atoms with van der Waals surface area (Å²) in [5.41, 5.74) is 7.81. The molecule has 2 aliphatic heterocycles. The molecule has 11 heteroatoms. The summed E-state index contributed by atoms with van der Waals surface area (Å²) in [5.74, 6) is 2.22. The first kappa shape index (κ1) is 24.1. The molecule has 1 amide bonds. The van der Waals surface area contributed by atoms with E-state index in [-0.39, 0.29) is 18.1 Å². The van der Waals surface area contributed by atoms with E-state index in [1.54, 1.807) is 17.1 Å². The molecule has 2 unspecified atom stereocenters. The van der Waals surface area contributed by atoms with Crippen molar-refractivity contribution in [1.29, 1.82) is 0 Å². The second-order valence-corrected chi connectivity index (χ2v) is 9.90. The number of hydrazine groups is 1. The highest BCUT2D eigenvalue weighted by atomic mass is 16.2. The summed E-state index contributed by atoms with van der Waals surface area (Å²) in [6.07, 6.45) is 7.17. The lowest BCUT2D eigenvalue weighted by atomic mass is 9.76. The van der Waals surface area contributed by atoms with Gasteiger partial charge in [0, 0.05) is 49.5 Å². The number of nitrogens with zero attached hydrogens (tertiary/aromatic N) is 6. The number of hydrogen-bond acceptors (Lipinski definition) is 9. The highest BCUT2D eigenvalue weighted by molar-refractivity contribution is 5.86. The molecule has 2 fully saturated rings. The first-order chi connectivity index (χ1) is 17.3. The second-order valence-electron chi connectivity index (χ2n) is 9.90. The summed E-state index contributed by atoms with van der Waals surface area (Å²) < 4.78 is 1.71. The molecule has 0 aromatic carbocycles. The molecule has 3 atom stereocenters. The minimum Gasteiger partial charge on any atom is -0.353 e. The van der Waals surface area contributed by atoms with Gasteiger partial charge < -0.3 is 15.5 Å². The van der Waals surface area contributed by atoms with Crippen LogP contribution in [-0.2, 0) is 4.79 Å². The molecule has 3 aromatic rings. The van der Waals surface area contributed by atoms with Gasteiger partial charge in [0.1, 0.15) is 5.82 Å². The number of carbonyl (C=O) groups excluding carboxylic acids is 1. The molecule has 36 heavy (non-hydrogen) atoms. The summed E-state index contributed by atoms with van der Waals surface area (Å²) in [6.45, 7) is 9.31. The van der Waals surface area contributed by atoms with Crippen molar-refractivity contribution in [1.82, 2.24) is 40.9 Å². The molecule has 2 aliphatic rings. The molecule has 0 bridgehead atoms. The van der Waals surface area contributed by atoms with E-state index in [4.69, 9.17) is 4.98 Å². The van der Waals surface area contributed by atoms with E-state index in [1.165, 1.54) is 0 Å². The fourth-order valence-corrected chi connectivity index (χ4v) is 4.74. The lowest BCUT2D eigenvalue weighted by molar-refractivity contribution is -0.133.